The van der Waals surface area contributed by atoms with E-state index in [-0.39, 0.29) is 5.75 Å². The molecule has 0 aliphatic heterocycles. The highest BCUT2D eigenvalue weighted by Crippen LogP contribution is 1.84. The summed E-state index contributed by atoms with van der Waals surface area (Å²) in [6.45, 7) is 3.99. The van der Waals surface area contributed by atoms with E-state index >= 15 is 0 Å². The lowest BCUT2D eigenvalue weighted by molar-refractivity contribution is 0.551. The third-order valence-corrected chi connectivity index (χ3v) is 3.32. The smallest absolute Gasteiger partial charge is 0.212 e. The number of nitrogens with one attached hydrogen (secondary N) is 2. The van der Waals surface area contributed by atoms with Gasteiger partial charge in [-0.15, -0.1) is 5.10 Å². The molecule has 0 saturated heterocycles. The van der Waals surface area contributed by atoms with E-state index in [4.69, 9.17) is 0 Å². The molecule has 0 aliphatic rings. The van der Waals surface area contributed by atoms with E-state index < -0.39 is 10.0 Å². The van der Waals surface area contributed by atoms with E-state index in [1.807, 2.05) is 6.92 Å². The van der Waals surface area contributed by atoms with Crippen LogP contribution in [-0.4, -0.2) is 48.8 Å². The van der Waals surface area contributed by atoms with Gasteiger partial charge in [-0.3, -0.25) is 4.68 Å². The molecule has 0 saturated carbocycles. The Bertz CT molecular complexity index is 375. The summed E-state index contributed by atoms with van der Waals surface area (Å²) in [5.74, 6) is 0.0954. The Balaban J connectivity index is 2.20. The van der Waals surface area contributed by atoms with Gasteiger partial charge in [-0.2, -0.15) is 0 Å². The van der Waals surface area contributed by atoms with Crippen LogP contribution in [0.5, 0.6) is 0 Å². The lowest BCUT2D eigenvalue weighted by Crippen LogP contribution is -2.33. The summed E-state index contributed by atoms with van der Waals surface area (Å²) in [4.78, 5) is 0. The highest BCUT2D eigenvalue weighted by atomic mass is 32.2. The predicted octanol–water partition coefficient (Wildman–Crippen LogP) is -1.19. The number of hydrogen-bond acceptors (Lipinski definition) is 5. The van der Waals surface area contributed by atoms with Crippen molar-refractivity contribution in [2.24, 2.45) is 0 Å². The maximum absolute atomic E-state index is 11.4. The minimum atomic E-state index is -3.18. The summed E-state index contributed by atoms with van der Waals surface area (Å²) in [7, 11) is -3.18. The van der Waals surface area contributed by atoms with Crippen LogP contribution in [0.25, 0.3) is 0 Å². The summed E-state index contributed by atoms with van der Waals surface area (Å²) in [5.41, 5.74) is 0. The molecule has 1 heterocycles. The van der Waals surface area contributed by atoms with Gasteiger partial charge in [0.2, 0.25) is 10.0 Å². The Morgan fingerprint density at radius 2 is 2.19 bits per heavy atom. The first-order chi connectivity index (χ1) is 7.64. The number of hydrogen-bond donors (Lipinski definition) is 2. The molecule has 1 aromatic rings. The molecule has 0 amide bonds. The average molecular weight is 247 g/mol. The van der Waals surface area contributed by atoms with Crippen molar-refractivity contribution >= 4 is 10.0 Å². The average Bonchev–Trinajstić information content (AvgIpc) is 2.70. The third kappa shape index (κ3) is 5.19. The standard InChI is InChI=1S/C8H17N5O2S/c1-2-9-5-8-16(14,15)11-4-7-13-6-3-10-12-13/h3,6,9,11H,2,4-5,7-8H2,1H3. The Morgan fingerprint density at radius 3 is 2.81 bits per heavy atom. The molecule has 7 nitrogen and oxygen atoms in total. The summed E-state index contributed by atoms with van der Waals surface area (Å²) < 4.78 is 27.0. The zero-order valence-electron chi connectivity index (χ0n) is 9.26. The molecule has 0 aromatic carbocycles. The fourth-order valence-electron chi connectivity index (χ4n) is 1.12. The predicted molar refractivity (Wildman–Crippen MR) is 60.4 cm³/mol. The van der Waals surface area contributed by atoms with Gasteiger partial charge in [0.1, 0.15) is 0 Å². The molecule has 2 N–H and O–H groups in total. The van der Waals surface area contributed by atoms with Gasteiger partial charge in [-0.05, 0) is 6.54 Å². The third-order valence-electron chi connectivity index (χ3n) is 1.93. The Morgan fingerprint density at radius 1 is 1.38 bits per heavy atom. The van der Waals surface area contributed by atoms with Crippen LogP contribution < -0.4 is 10.0 Å². The summed E-state index contributed by atoms with van der Waals surface area (Å²) in [5, 5.41) is 10.3. The van der Waals surface area contributed by atoms with Crippen molar-refractivity contribution in [1.29, 1.82) is 0 Å². The van der Waals surface area contributed by atoms with Crippen molar-refractivity contribution in [3.63, 3.8) is 0 Å². The van der Waals surface area contributed by atoms with Gasteiger partial charge in [0, 0.05) is 19.3 Å². The van der Waals surface area contributed by atoms with Crippen LogP contribution in [0.15, 0.2) is 12.4 Å². The molecule has 0 atom stereocenters. The molecular formula is C8H17N5O2S. The van der Waals surface area contributed by atoms with Crippen molar-refractivity contribution in [2.75, 3.05) is 25.4 Å². The van der Waals surface area contributed by atoms with E-state index in [1.54, 1.807) is 17.1 Å². The van der Waals surface area contributed by atoms with Gasteiger partial charge in [0.15, 0.2) is 0 Å². The van der Waals surface area contributed by atoms with Gasteiger partial charge in [-0.1, -0.05) is 12.1 Å². The van der Waals surface area contributed by atoms with Crippen LogP contribution in [-0.2, 0) is 16.6 Å². The molecule has 0 spiro atoms. The molecule has 1 aromatic heterocycles. The van der Waals surface area contributed by atoms with E-state index in [0.717, 1.165) is 6.54 Å². The fraction of sp³-hybridized carbons (Fsp3) is 0.750. The second-order valence-electron chi connectivity index (χ2n) is 3.23. The monoisotopic (exact) mass is 247 g/mol. The summed E-state index contributed by atoms with van der Waals surface area (Å²) >= 11 is 0. The summed E-state index contributed by atoms with van der Waals surface area (Å²) in [6, 6.07) is 0. The minimum Gasteiger partial charge on any atom is -0.316 e. The first-order valence-corrected chi connectivity index (χ1v) is 6.81. The maximum Gasteiger partial charge on any atom is 0.212 e. The molecule has 1 rings (SSSR count). The highest BCUT2D eigenvalue weighted by Gasteiger charge is 2.08. The number of rotatable bonds is 8. The SMILES string of the molecule is CCNCCS(=O)(=O)NCCn1ccnn1. The molecule has 8 heteroatoms. The molecule has 16 heavy (non-hydrogen) atoms. The maximum atomic E-state index is 11.4. The van der Waals surface area contributed by atoms with Crippen LogP contribution in [0.1, 0.15) is 6.92 Å². The van der Waals surface area contributed by atoms with Crippen LogP contribution in [0.2, 0.25) is 0 Å². The van der Waals surface area contributed by atoms with Crippen molar-refractivity contribution in [2.45, 2.75) is 13.5 Å². The van der Waals surface area contributed by atoms with Crippen LogP contribution in [0.4, 0.5) is 0 Å². The highest BCUT2D eigenvalue weighted by molar-refractivity contribution is 7.89. The number of sulfonamides is 1. The largest absolute Gasteiger partial charge is 0.316 e. The second kappa shape index (κ2) is 6.56. The lowest BCUT2D eigenvalue weighted by Gasteiger charge is -2.06. The lowest BCUT2D eigenvalue weighted by atomic mass is 10.6. The topological polar surface area (TPSA) is 88.9 Å². The molecule has 0 fully saturated rings. The molecule has 0 bridgehead atoms. The van der Waals surface area contributed by atoms with E-state index in [2.05, 4.69) is 20.4 Å². The Hall–Kier alpha value is -0.990. The van der Waals surface area contributed by atoms with Gasteiger partial charge < -0.3 is 5.32 Å². The summed E-state index contributed by atoms with van der Waals surface area (Å²) in [6.07, 6.45) is 3.24. The molecular weight excluding hydrogens is 230 g/mol. The van der Waals surface area contributed by atoms with Crippen molar-refractivity contribution in [3.05, 3.63) is 12.4 Å². The normalized spacial score (nSPS) is 11.8. The van der Waals surface area contributed by atoms with E-state index in [0.29, 0.717) is 19.6 Å². The van der Waals surface area contributed by atoms with E-state index in [9.17, 15) is 8.42 Å². The Labute approximate surface area is 95.3 Å². The van der Waals surface area contributed by atoms with E-state index in [1.165, 1.54) is 0 Å². The van der Waals surface area contributed by atoms with Crippen molar-refractivity contribution in [1.82, 2.24) is 25.0 Å². The first kappa shape index (κ1) is 13.1. The van der Waals surface area contributed by atoms with Crippen LogP contribution in [0.3, 0.4) is 0 Å². The van der Waals surface area contributed by atoms with Crippen molar-refractivity contribution < 1.29 is 8.42 Å². The molecule has 0 unspecified atom stereocenters. The van der Waals surface area contributed by atoms with Gasteiger partial charge >= 0.3 is 0 Å². The van der Waals surface area contributed by atoms with Crippen LogP contribution >= 0.6 is 0 Å². The molecule has 0 radical (unpaired) electrons. The molecule has 92 valence electrons. The van der Waals surface area contributed by atoms with Crippen LogP contribution in [0, 0.1) is 0 Å². The number of nitrogens with zero attached hydrogens (tertiary/aromatic N) is 3. The quantitative estimate of drug-likeness (QED) is 0.564. The van der Waals surface area contributed by atoms with Gasteiger partial charge in [0.25, 0.3) is 0 Å². The second-order valence-corrected chi connectivity index (χ2v) is 5.16. The minimum absolute atomic E-state index is 0.0954. The molecule has 0 aliphatic carbocycles. The van der Waals surface area contributed by atoms with Gasteiger partial charge in [0.05, 0.1) is 18.5 Å². The van der Waals surface area contributed by atoms with Crippen molar-refractivity contribution in [3.8, 4) is 0 Å². The fourth-order valence-corrected chi connectivity index (χ4v) is 2.08. The first-order valence-electron chi connectivity index (χ1n) is 5.16. The zero-order valence-corrected chi connectivity index (χ0v) is 10.1. The Kier molecular flexibility index (Phi) is 5.36. The zero-order chi connectivity index (χ0) is 11.9. The number of aromatic nitrogens is 3. The van der Waals surface area contributed by atoms with Gasteiger partial charge in [-0.25, -0.2) is 13.1 Å².